The van der Waals surface area contributed by atoms with Gasteiger partial charge in [-0.2, -0.15) is 0 Å². The zero-order valence-corrected chi connectivity index (χ0v) is 12.6. The van der Waals surface area contributed by atoms with Crippen LogP contribution in [-0.4, -0.2) is 44.2 Å². The van der Waals surface area contributed by atoms with Gasteiger partial charge in [0.15, 0.2) is 0 Å². The van der Waals surface area contributed by atoms with E-state index in [1.54, 1.807) is 13.0 Å². The molecule has 0 aliphatic heterocycles. The number of carboxylic acid groups (broad SMARTS) is 1. The van der Waals surface area contributed by atoms with Crippen LogP contribution in [0.4, 0.5) is 0 Å². The molecule has 4 fully saturated rings. The molecule has 0 radical (unpaired) electrons. The van der Waals surface area contributed by atoms with Crippen LogP contribution in [0.3, 0.4) is 0 Å². The van der Waals surface area contributed by atoms with Crippen LogP contribution in [0.2, 0.25) is 0 Å². The highest BCUT2D eigenvalue weighted by Gasteiger charge is 2.63. The summed E-state index contributed by atoms with van der Waals surface area (Å²) >= 11 is 0. The highest BCUT2D eigenvalue weighted by Crippen LogP contribution is 2.60. The maximum atomic E-state index is 10.9. The number of ether oxygens (including phenoxy) is 1. The molecule has 5 heteroatoms. The van der Waals surface area contributed by atoms with Gasteiger partial charge in [-0.15, -0.1) is 0 Å². The molecule has 4 aliphatic rings. The smallest absolute Gasteiger partial charge is 0.331 e. The van der Waals surface area contributed by atoms with Gasteiger partial charge in [-0.3, -0.25) is 0 Å². The molecule has 3 unspecified atom stereocenters. The number of hydrogen-bond acceptors (Lipinski definition) is 4. The number of aliphatic hydroxyl groups is 2. The van der Waals surface area contributed by atoms with Crippen molar-refractivity contribution in [3.63, 3.8) is 0 Å². The number of carboxylic acids is 1. The highest BCUT2D eigenvalue weighted by atomic mass is 16.5. The maximum Gasteiger partial charge on any atom is 0.331 e. The first-order valence-corrected chi connectivity index (χ1v) is 7.67. The van der Waals surface area contributed by atoms with Crippen LogP contribution in [0.1, 0.15) is 52.4 Å². The van der Waals surface area contributed by atoms with Gasteiger partial charge in [-0.25, -0.2) is 4.79 Å². The van der Waals surface area contributed by atoms with Crippen LogP contribution in [0.15, 0.2) is 11.6 Å². The number of carbonyl (C=O) groups is 1. The Morgan fingerprint density at radius 1 is 1.19 bits per heavy atom. The summed E-state index contributed by atoms with van der Waals surface area (Å²) in [6.07, 6.45) is 5.13. The van der Waals surface area contributed by atoms with Crippen LogP contribution >= 0.6 is 0 Å². The van der Waals surface area contributed by atoms with Crippen LogP contribution in [0.25, 0.3) is 0 Å². The monoisotopic (exact) mass is 296 g/mol. The first kappa shape index (κ1) is 15.0. The number of hydrogen-bond donors (Lipinski definition) is 3. The van der Waals surface area contributed by atoms with E-state index in [4.69, 9.17) is 9.84 Å². The Balaban J connectivity index is 1.79. The molecule has 3 atom stereocenters. The molecule has 4 rings (SSSR count). The first-order valence-electron chi connectivity index (χ1n) is 7.67. The molecule has 0 saturated heterocycles. The molecule has 0 aromatic rings. The summed E-state index contributed by atoms with van der Waals surface area (Å²) < 4.78 is 6.14. The standard InChI is InChI=1S/C16H24O5/c1-10(13(17)18)3-11(2)21-16-6-12-4-14(19,8-16)7-15(20,5-12)9-16/h3,11-12,19-20H,4-9H2,1-2H3,(H,17,18). The average Bonchev–Trinajstić information content (AvgIpc) is 2.21. The largest absolute Gasteiger partial charge is 0.478 e. The average molecular weight is 296 g/mol. The van der Waals surface area contributed by atoms with E-state index < -0.39 is 22.8 Å². The second kappa shape index (κ2) is 4.54. The lowest BCUT2D eigenvalue weighted by Gasteiger charge is -2.63. The molecule has 3 N–H and O–H groups in total. The van der Waals surface area contributed by atoms with E-state index in [1.807, 2.05) is 6.92 Å². The molecule has 0 aromatic carbocycles. The fourth-order valence-corrected chi connectivity index (χ4v) is 5.23. The molecule has 4 saturated carbocycles. The third-order valence-electron chi connectivity index (χ3n) is 5.22. The van der Waals surface area contributed by atoms with Gasteiger partial charge in [0.1, 0.15) is 0 Å². The van der Waals surface area contributed by atoms with Gasteiger partial charge >= 0.3 is 5.97 Å². The van der Waals surface area contributed by atoms with Crippen molar-refractivity contribution in [3.05, 3.63) is 11.6 Å². The fourth-order valence-electron chi connectivity index (χ4n) is 5.23. The summed E-state index contributed by atoms with van der Waals surface area (Å²) in [4.78, 5) is 10.9. The van der Waals surface area contributed by atoms with Crippen LogP contribution in [-0.2, 0) is 9.53 Å². The lowest BCUT2D eigenvalue weighted by molar-refractivity contribution is -0.272. The summed E-state index contributed by atoms with van der Waals surface area (Å²) in [5.41, 5.74) is -1.90. The Hall–Kier alpha value is -0.910. The summed E-state index contributed by atoms with van der Waals surface area (Å²) in [5, 5.41) is 30.3. The third kappa shape index (κ3) is 2.74. The minimum atomic E-state index is -0.951. The Bertz CT molecular complexity index is 479. The second-order valence-electron chi connectivity index (χ2n) is 7.62. The van der Waals surface area contributed by atoms with Gasteiger partial charge in [0.25, 0.3) is 0 Å². The molecule has 0 heterocycles. The van der Waals surface area contributed by atoms with Crippen molar-refractivity contribution in [2.75, 3.05) is 0 Å². The van der Waals surface area contributed by atoms with Crippen molar-refractivity contribution in [1.82, 2.24) is 0 Å². The van der Waals surface area contributed by atoms with E-state index in [1.165, 1.54) is 0 Å². The van der Waals surface area contributed by atoms with Gasteiger partial charge < -0.3 is 20.1 Å². The molecule has 0 aromatic heterocycles. The predicted molar refractivity (Wildman–Crippen MR) is 75.8 cm³/mol. The zero-order chi connectivity index (χ0) is 15.5. The van der Waals surface area contributed by atoms with Gasteiger partial charge in [0.05, 0.1) is 22.9 Å². The molecule has 21 heavy (non-hydrogen) atoms. The molecular formula is C16H24O5. The topological polar surface area (TPSA) is 87.0 Å². The van der Waals surface area contributed by atoms with Crippen molar-refractivity contribution in [1.29, 1.82) is 0 Å². The summed E-state index contributed by atoms with van der Waals surface area (Å²) in [6.45, 7) is 3.36. The predicted octanol–water partition coefficient (Wildman–Crippen LogP) is 1.62. The SMILES string of the molecule is CC(=CC(C)OC12CC3CC(O)(CC(O)(C3)C1)C2)C(=O)O. The van der Waals surface area contributed by atoms with Gasteiger partial charge in [0, 0.05) is 24.8 Å². The van der Waals surface area contributed by atoms with Crippen LogP contribution in [0.5, 0.6) is 0 Å². The van der Waals surface area contributed by atoms with Gasteiger partial charge in [-0.05, 0) is 45.1 Å². The summed E-state index contributed by atoms with van der Waals surface area (Å²) in [7, 11) is 0. The first-order chi connectivity index (χ1) is 9.63. The number of aliphatic carboxylic acids is 1. The van der Waals surface area contributed by atoms with Crippen LogP contribution < -0.4 is 0 Å². The van der Waals surface area contributed by atoms with E-state index in [0.717, 1.165) is 19.3 Å². The quantitative estimate of drug-likeness (QED) is 0.686. The minimum Gasteiger partial charge on any atom is -0.478 e. The highest BCUT2D eigenvalue weighted by molar-refractivity contribution is 5.85. The molecular weight excluding hydrogens is 272 g/mol. The van der Waals surface area contributed by atoms with E-state index in [0.29, 0.717) is 25.2 Å². The Morgan fingerprint density at radius 3 is 2.24 bits per heavy atom. The van der Waals surface area contributed by atoms with Gasteiger partial charge in [-0.1, -0.05) is 0 Å². The zero-order valence-electron chi connectivity index (χ0n) is 12.6. The Labute approximate surface area is 124 Å². The lowest BCUT2D eigenvalue weighted by atomic mass is 9.50. The van der Waals surface area contributed by atoms with Crippen molar-refractivity contribution in [3.8, 4) is 0 Å². The molecule has 118 valence electrons. The number of rotatable bonds is 4. The van der Waals surface area contributed by atoms with E-state index >= 15 is 0 Å². The fraction of sp³-hybridized carbons (Fsp3) is 0.812. The maximum absolute atomic E-state index is 10.9. The van der Waals surface area contributed by atoms with E-state index in [9.17, 15) is 15.0 Å². The third-order valence-corrected chi connectivity index (χ3v) is 5.22. The summed E-state index contributed by atoms with van der Waals surface area (Å²) in [6, 6.07) is 0. The normalized spacial score (nSPS) is 46.7. The van der Waals surface area contributed by atoms with Gasteiger partial charge in [0.2, 0.25) is 0 Å². The van der Waals surface area contributed by atoms with Crippen molar-refractivity contribution in [2.24, 2.45) is 5.92 Å². The van der Waals surface area contributed by atoms with Crippen molar-refractivity contribution in [2.45, 2.75) is 75.3 Å². The second-order valence-corrected chi connectivity index (χ2v) is 7.62. The Kier molecular flexibility index (Phi) is 3.24. The molecule has 0 amide bonds. The van der Waals surface area contributed by atoms with Crippen molar-refractivity contribution < 1.29 is 24.9 Å². The van der Waals surface area contributed by atoms with E-state index in [2.05, 4.69) is 0 Å². The minimum absolute atomic E-state index is 0.254. The molecule has 0 spiro atoms. The molecule has 5 nitrogen and oxygen atoms in total. The summed E-state index contributed by atoms with van der Waals surface area (Å²) in [5.74, 6) is -0.652. The molecule has 4 aliphatic carbocycles. The van der Waals surface area contributed by atoms with Crippen LogP contribution in [0, 0.1) is 5.92 Å². The lowest BCUT2D eigenvalue weighted by Crippen LogP contribution is -2.67. The molecule has 4 bridgehead atoms. The van der Waals surface area contributed by atoms with E-state index in [-0.39, 0.29) is 11.7 Å². The Morgan fingerprint density at radius 2 is 1.76 bits per heavy atom. The van der Waals surface area contributed by atoms with Crippen molar-refractivity contribution >= 4 is 5.97 Å².